The lowest BCUT2D eigenvalue weighted by Gasteiger charge is -1.94. The van der Waals surface area contributed by atoms with Crippen molar-refractivity contribution in [2.24, 2.45) is 0 Å². The zero-order chi connectivity index (χ0) is 13.8. The lowest BCUT2D eigenvalue weighted by Crippen LogP contribution is -1.79. The molecule has 0 unspecified atom stereocenters. The molecule has 3 aromatic rings. The normalized spacial score (nSPS) is 11.1. The summed E-state index contributed by atoms with van der Waals surface area (Å²) in [5, 5.41) is 4.64. The van der Waals surface area contributed by atoms with Gasteiger partial charge in [-0.15, -0.1) is 0 Å². The van der Waals surface area contributed by atoms with Gasteiger partial charge in [-0.1, -0.05) is 65.3 Å². The van der Waals surface area contributed by atoms with Crippen molar-refractivity contribution in [1.29, 1.82) is 0 Å². The highest BCUT2D eigenvalue weighted by molar-refractivity contribution is 6.32. The predicted octanol–water partition coefficient (Wildman–Crippen LogP) is 4.56. The molecule has 0 aliphatic carbocycles. The molecule has 0 spiro atoms. The molecule has 0 radical (unpaired) electrons. The number of halogens is 1. The molecule has 0 aliphatic heterocycles. The molecule has 1 aromatic heterocycles. The Morgan fingerprint density at radius 3 is 2.45 bits per heavy atom. The van der Waals surface area contributed by atoms with Crippen LogP contribution in [-0.4, -0.2) is 10.1 Å². The second-order valence-electron chi connectivity index (χ2n) is 4.18. The molecular formula is C16H11ClN2O. The maximum absolute atomic E-state index is 6.07. The average Bonchev–Trinajstić information content (AvgIpc) is 2.96. The monoisotopic (exact) mass is 282 g/mol. The molecule has 0 aliphatic rings. The second-order valence-corrected chi connectivity index (χ2v) is 4.58. The smallest absolute Gasteiger partial charge is 0.250 e. The van der Waals surface area contributed by atoms with Crippen LogP contribution in [0, 0.1) is 0 Å². The third kappa shape index (κ3) is 2.78. The molecular weight excluding hydrogens is 272 g/mol. The van der Waals surface area contributed by atoms with Crippen molar-refractivity contribution in [1.82, 2.24) is 10.1 Å². The van der Waals surface area contributed by atoms with Gasteiger partial charge in [0.15, 0.2) is 0 Å². The number of aromatic nitrogens is 2. The summed E-state index contributed by atoms with van der Waals surface area (Å²) in [5.41, 5.74) is 1.84. The first-order valence-electron chi connectivity index (χ1n) is 6.15. The molecule has 0 bridgehead atoms. The zero-order valence-corrected chi connectivity index (χ0v) is 11.3. The third-order valence-electron chi connectivity index (χ3n) is 2.78. The van der Waals surface area contributed by atoms with Crippen LogP contribution in [-0.2, 0) is 0 Å². The topological polar surface area (TPSA) is 38.9 Å². The van der Waals surface area contributed by atoms with Gasteiger partial charge in [-0.2, -0.15) is 4.98 Å². The van der Waals surface area contributed by atoms with Crippen molar-refractivity contribution in [2.45, 2.75) is 0 Å². The van der Waals surface area contributed by atoms with Gasteiger partial charge in [0.2, 0.25) is 5.82 Å². The van der Waals surface area contributed by atoms with E-state index in [1.54, 1.807) is 6.08 Å². The van der Waals surface area contributed by atoms with E-state index in [1.807, 2.05) is 60.7 Å². The van der Waals surface area contributed by atoms with Crippen LogP contribution < -0.4 is 0 Å². The minimum atomic E-state index is 0.448. The van der Waals surface area contributed by atoms with E-state index in [9.17, 15) is 0 Å². The highest BCUT2D eigenvalue weighted by Gasteiger charge is 2.05. The molecule has 2 aromatic carbocycles. The molecule has 4 heteroatoms. The Hall–Kier alpha value is -2.39. The summed E-state index contributed by atoms with van der Waals surface area (Å²) in [7, 11) is 0. The van der Waals surface area contributed by atoms with Gasteiger partial charge in [-0.05, 0) is 17.7 Å². The first kappa shape index (κ1) is 12.6. The maximum atomic E-state index is 6.07. The minimum Gasteiger partial charge on any atom is -0.334 e. The van der Waals surface area contributed by atoms with Crippen LogP contribution in [0.5, 0.6) is 0 Å². The zero-order valence-electron chi connectivity index (χ0n) is 10.5. The van der Waals surface area contributed by atoms with Gasteiger partial charge >= 0.3 is 0 Å². The molecule has 98 valence electrons. The number of hydrogen-bond donors (Lipinski definition) is 0. The Morgan fingerprint density at radius 1 is 0.900 bits per heavy atom. The highest BCUT2D eigenvalue weighted by atomic mass is 35.5. The summed E-state index contributed by atoms with van der Waals surface area (Å²) in [6, 6.07) is 17.3. The van der Waals surface area contributed by atoms with Gasteiger partial charge in [-0.25, -0.2) is 0 Å². The van der Waals surface area contributed by atoms with Gasteiger partial charge in [0, 0.05) is 16.7 Å². The largest absolute Gasteiger partial charge is 0.334 e. The van der Waals surface area contributed by atoms with E-state index in [1.165, 1.54) is 0 Å². The van der Waals surface area contributed by atoms with Crippen LogP contribution in [0.3, 0.4) is 0 Å². The van der Waals surface area contributed by atoms with Gasteiger partial charge in [0.25, 0.3) is 5.89 Å². The summed E-state index contributed by atoms with van der Waals surface area (Å²) in [6.45, 7) is 0. The molecule has 0 amide bonds. The van der Waals surface area contributed by atoms with Crippen LogP contribution in [0.25, 0.3) is 23.5 Å². The van der Waals surface area contributed by atoms with E-state index >= 15 is 0 Å². The van der Waals surface area contributed by atoms with E-state index in [2.05, 4.69) is 10.1 Å². The van der Waals surface area contributed by atoms with E-state index in [0.29, 0.717) is 16.7 Å². The van der Waals surface area contributed by atoms with Crippen LogP contribution in [0.15, 0.2) is 59.1 Å². The Morgan fingerprint density at radius 2 is 1.65 bits per heavy atom. The van der Waals surface area contributed by atoms with Gasteiger partial charge in [0.05, 0.1) is 0 Å². The fraction of sp³-hybridized carbons (Fsp3) is 0. The fourth-order valence-corrected chi connectivity index (χ4v) is 1.98. The Kier molecular flexibility index (Phi) is 3.61. The summed E-state index contributed by atoms with van der Waals surface area (Å²) in [5.74, 6) is 1.02. The van der Waals surface area contributed by atoms with Crippen molar-refractivity contribution < 1.29 is 4.52 Å². The number of rotatable bonds is 3. The van der Waals surface area contributed by atoms with Crippen molar-refractivity contribution >= 4 is 23.8 Å². The van der Waals surface area contributed by atoms with Crippen LogP contribution >= 0.6 is 11.6 Å². The summed E-state index contributed by atoms with van der Waals surface area (Å²) >= 11 is 6.07. The average molecular weight is 283 g/mol. The first-order chi connectivity index (χ1) is 9.83. The lowest BCUT2D eigenvalue weighted by atomic mass is 10.2. The van der Waals surface area contributed by atoms with Crippen molar-refractivity contribution in [3.63, 3.8) is 0 Å². The minimum absolute atomic E-state index is 0.448. The molecule has 0 saturated carbocycles. The Bertz CT molecular complexity index is 735. The van der Waals surface area contributed by atoms with E-state index in [-0.39, 0.29) is 0 Å². The maximum Gasteiger partial charge on any atom is 0.250 e. The molecule has 0 N–H and O–H groups in total. The van der Waals surface area contributed by atoms with Gasteiger partial charge in [-0.3, -0.25) is 0 Å². The molecule has 0 fully saturated rings. The Balaban J connectivity index is 1.83. The number of benzene rings is 2. The van der Waals surface area contributed by atoms with Crippen LogP contribution in [0.2, 0.25) is 5.02 Å². The number of hydrogen-bond acceptors (Lipinski definition) is 3. The molecule has 3 nitrogen and oxygen atoms in total. The molecule has 0 saturated heterocycles. The highest BCUT2D eigenvalue weighted by Crippen LogP contribution is 2.19. The molecule has 0 atom stereocenters. The third-order valence-corrected chi connectivity index (χ3v) is 3.13. The summed E-state index contributed by atoms with van der Waals surface area (Å²) in [4.78, 5) is 4.32. The fourth-order valence-electron chi connectivity index (χ4n) is 1.78. The van der Waals surface area contributed by atoms with Gasteiger partial charge in [0.1, 0.15) is 0 Å². The van der Waals surface area contributed by atoms with Crippen molar-refractivity contribution in [3.05, 3.63) is 71.1 Å². The van der Waals surface area contributed by atoms with Crippen LogP contribution in [0.1, 0.15) is 11.5 Å². The SMILES string of the molecule is Clc1ccccc1/C=C/c1nc(-c2ccccc2)no1. The van der Waals surface area contributed by atoms with Crippen LogP contribution in [0.4, 0.5) is 0 Å². The van der Waals surface area contributed by atoms with Crippen molar-refractivity contribution in [3.8, 4) is 11.4 Å². The van der Waals surface area contributed by atoms with Crippen molar-refractivity contribution in [2.75, 3.05) is 0 Å². The van der Waals surface area contributed by atoms with E-state index in [4.69, 9.17) is 16.1 Å². The predicted molar refractivity (Wildman–Crippen MR) is 80.1 cm³/mol. The molecule has 3 rings (SSSR count). The Labute approximate surface area is 121 Å². The molecule has 1 heterocycles. The quantitative estimate of drug-likeness (QED) is 0.707. The van der Waals surface area contributed by atoms with E-state index < -0.39 is 0 Å². The van der Waals surface area contributed by atoms with Gasteiger partial charge < -0.3 is 4.52 Å². The second kappa shape index (κ2) is 5.72. The standard InChI is InChI=1S/C16H11ClN2O/c17-14-9-5-4-6-12(14)10-11-15-18-16(19-20-15)13-7-2-1-3-8-13/h1-11H/b11-10+. The lowest BCUT2D eigenvalue weighted by molar-refractivity contribution is 0.411. The number of nitrogens with zero attached hydrogens (tertiary/aromatic N) is 2. The summed E-state index contributed by atoms with van der Waals surface area (Å²) < 4.78 is 5.19. The van der Waals surface area contributed by atoms with E-state index in [0.717, 1.165) is 11.1 Å². The summed E-state index contributed by atoms with van der Waals surface area (Å²) in [6.07, 6.45) is 3.60. The molecule has 20 heavy (non-hydrogen) atoms. The first-order valence-corrected chi connectivity index (χ1v) is 6.52.